The van der Waals surface area contributed by atoms with E-state index in [0.717, 1.165) is 11.3 Å². The lowest BCUT2D eigenvalue weighted by Gasteiger charge is -2.19. The molecule has 0 fully saturated rings. The van der Waals surface area contributed by atoms with E-state index < -0.39 is 15.3 Å². The molecule has 19 heavy (non-hydrogen) atoms. The molecule has 0 amide bonds. The number of hydrogen-bond donors (Lipinski definition) is 0. The van der Waals surface area contributed by atoms with Gasteiger partial charge in [-0.25, -0.2) is 8.42 Å². The molecule has 0 aliphatic carbocycles. The van der Waals surface area contributed by atoms with E-state index in [2.05, 4.69) is 0 Å². The quantitative estimate of drug-likeness (QED) is 0.797. The normalized spacial score (nSPS) is 13.0. The molecule has 1 aromatic rings. The summed E-state index contributed by atoms with van der Waals surface area (Å²) in [4.78, 5) is 0. The highest BCUT2D eigenvalue weighted by molar-refractivity contribution is 7.89. The Kier molecular flexibility index (Phi) is 5.33. The molecular formula is C13H18N2O3S. The summed E-state index contributed by atoms with van der Waals surface area (Å²) >= 11 is 0. The minimum absolute atomic E-state index is 0.241. The lowest BCUT2D eigenvalue weighted by Crippen LogP contribution is -2.34. The molecule has 1 aromatic carbocycles. The zero-order valence-electron chi connectivity index (χ0n) is 11.3. The van der Waals surface area contributed by atoms with Crippen LogP contribution in [0.2, 0.25) is 0 Å². The van der Waals surface area contributed by atoms with Crippen LogP contribution in [-0.4, -0.2) is 32.1 Å². The fourth-order valence-electron chi connectivity index (χ4n) is 1.66. The third-order valence-corrected chi connectivity index (χ3v) is 5.03. The van der Waals surface area contributed by atoms with Crippen molar-refractivity contribution in [2.24, 2.45) is 0 Å². The largest absolute Gasteiger partial charge is 0.497 e. The van der Waals surface area contributed by atoms with Gasteiger partial charge in [0.05, 0.1) is 13.2 Å². The van der Waals surface area contributed by atoms with Crippen molar-refractivity contribution in [3.05, 3.63) is 29.8 Å². The smallest absolute Gasteiger partial charge is 0.230 e. The summed E-state index contributed by atoms with van der Waals surface area (Å²) in [5.74, 6) is 0.720. The van der Waals surface area contributed by atoms with Gasteiger partial charge in [-0.2, -0.15) is 9.57 Å². The van der Waals surface area contributed by atoms with Gasteiger partial charge in [0.25, 0.3) is 0 Å². The standard InChI is InChI=1S/C13H18N2O3S/c1-4-13(9-14)19(16,17)15(2)10-11-5-7-12(18-3)8-6-11/h5-8,13H,4,10H2,1-3H3. The van der Waals surface area contributed by atoms with Crippen molar-refractivity contribution in [1.82, 2.24) is 4.31 Å². The average molecular weight is 282 g/mol. The molecule has 6 heteroatoms. The fourth-order valence-corrected chi connectivity index (χ4v) is 2.98. The number of benzene rings is 1. The van der Waals surface area contributed by atoms with Crippen molar-refractivity contribution in [3.63, 3.8) is 0 Å². The Balaban J connectivity index is 2.84. The van der Waals surface area contributed by atoms with Crippen LogP contribution in [0.25, 0.3) is 0 Å². The van der Waals surface area contributed by atoms with Crippen LogP contribution in [0.5, 0.6) is 5.75 Å². The molecule has 1 unspecified atom stereocenters. The van der Waals surface area contributed by atoms with E-state index in [1.165, 1.54) is 11.4 Å². The zero-order chi connectivity index (χ0) is 14.5. The van der Waals surface area contributed by atoms with Crippen LogP contribution in [0.4, 0.5) is 0 Å². The number of ether oxygens (including phenoxy) is 1. The first kappa shape index (κ1) is 15.5. The maximum atomic E-state index is 12.1. The van der Waals surface area contributed by atoms with E-state index in [4.69, 9.17) is 10.00 Å². The molecule has 0 spiro atoms. The Bertz CT molecular complexity index is 546. The number of sulfonamides is 1. The monoisotopic (exact) mass is 282 g/mol. The Morgan fingerprint density at radius 1 is 1.37 bits per heavy atom. The second-order valence-electron chi connectivity index (χ2n) is 4.18. The Morgan fingerprint density at radius 3 is 2.37 bits per heavy atom. The maximum Gasteiger partial charge on any atom is 0.230 e. The van der Waals surface area contributed by atoms with Gasteiger partial charge in [0.1, 0.15) is 5.75 Å². The van der Waals surface area contributed by atoms with Gasteiger partial charge in [0.15, 0.2) is 5.25 Å². The van der Waals surface area contributed by atoms with Crippen molar-refractivity contribution in [2.45, 2.75) is 25.1 Å². The first-order valence-corrected chi connectivity index (χ1v) is 7.43. The summed E-state index contributed by atoms with van der Waals surface area (Å²) in [5.41, 5.74) is 0.847. The summed E-state index contributed by atoms with van der Waals surface area (Å²) in [6.45, 7) is 1.93. The molecule has 1 rings (SSSR count). The van der Waals surface area contributed by atoms with Gasteiger partial charge in [-0.1, -0.05) is 19.1 Å². The molecule has 0 N–H and O–H groups in total. The van der Waals surface area contributed by atoms with Crippen molar-refractivity contribution in [3.8, 4) is 11.8 Å². The van der Waals surface area contributed by atoms with E-state index in [-0.39, 0.29) is 13.0 Å². The third-order valence-electron chi connectivity index (χ3n) is 2.87. The average Bonchev–Trinajstić information content (AvgIpc) is 2.40. The van der Waals surface area contributed by atoms with Gasteiger partial charge in [0.2, 0.25) is 10.0 Å². The van der Waals surface area contributed by atoms with Gasteiger partial charge in [-0.05, 0) is 24.1 Å². The van der Waals surface area contributed by atoms with Crippen molar-refractivity contribution < 1.29 is 13.2 Å². The summed E-state index contributed by atoms with van der Waals surface area (Å²) in [5, 5.41) is 7.88. The van der Waals surface area contributed by atoms with Gasteiger partial charge < -0.3 is 4.74 Å². The molecule has 0 saturated carbocycles. The molecule has 5 nitrogen and oxygen atoms in total. The molecule has 0 bridgehead atoms. The number of nitrogens with zero attached hydrogens (tertiary/aromatic N) is 2. The third kappa shape index (κ3) is 3.69. The second-order valence-corrected chi connectivity index (χ2v) is 6.40. The fraction of sp³-hybridized carbons (Fsp3) is 0.462. The summed E-state index contributed by atoms with van der Waals surface area (Å²) in [6, 6.07) is 8.99. The van der Waals surface area contributed by atoms with Crippen molar-refractivity contribution in [1.29, 1.82) is 5.26 Å². The molecule has 0 aliphatic heterocycles. The number of nitriles is 1. The molecule has 0 radical (unpaired) electrons. The van der Waals surface area contributed by atoms with Crippen LogP contribution in [0.3, 0.4) is 0 Å². The minimum atomic E-state index is -3.57. The first-order chi connectivity index (χ1) is 8.95. The lowest BCUT2D eigenvalue weighted by atomic mass is 10.2. The number of rotatable bonds is 6. The number of hydrogen-bond acceptors (Lipinski definition) is 4. The van der Waals surface area contributed by atoms with Crippen molar-refractivity contribution in [2.75, 3.05) is 14.2 Å². The van der Waals surface area contributed by atoms with Crippen molar-refractivity contribution >= 4 is 10.0 Å². The highest BCUT2D eigenvalue weighted by Crippen LogP contribution is 2.16. The molecule has 104 valence electrons. The SMILES string of the molecule is CCC(C#N)S(=O)(=O)N(C)Cc1ccc(OC)cc1. The zero-order valence-corrected chi connectivity index (χ0v) is 12.1. The van der Waals surface area contributed by atoms with Gasteiger partial charge in [-0.15, -0.1) is 0 Å². The molecule has 0 heterocycles. The van der Waals surface area contributed by atoms with E-state index >= 15 is 0 Å². The van der Waals surface area contributed by atoms with Crippen LogP contribution in [0.15, 0.2) is 24.3 Å². The predicted octanol–water partition coefficient (Wildman–Crippen LogP) is 1.76. The predicted molar refractivity (Wildman–Crippen MR) is 73.1 cm³/mol. The van der Waals surface area contributed by atoms with E-state index in [1.807, 2.05) is 6.07 Å². The van der Waals surface area contributed by atoms with Crippen LogP contribution in [-0.2, 0) is 16.6 Å². The first-order valence-electron chi connectivity index (χ1n) is 5.93. The van der Waals surface area contributed by atoms with E-state index in [0.29, 0.717) is 0 Å². The van der Waals surface area contributed by atoms with Crippen LogP contribution < -0.4 is 4.74 Å². The Labute approximate surface area is 114 Å². The highest BCUT2D eigenvalue weighted by Gasteiger charge is 2.28. The molecule has 0 aliphatic rings. The van der Waals surface area contributed by atoms with E-state index in [9.17, 15) is 8.42 Å². The van der Waals surface area contributed by atoms with Crippen LogP contribution in [0.1, 0.15) is 18.9 Å². The highest BCUT2D eigenvalue weighted by atomic mass is 32.2. The van der Waals surface area contributed by atoms with Gasteiger partial charge in [-0.3, -0.25) is 0 Å². The summed E-state index contributed by atoms with van der Waals surface area (Å²) in [7, 11) is -0.515. The lowest BCUT2D eigenvalue weighted by molar-refractivity contribution is 0.414. The number of methoxy groups -OCH3 is 1. The molecular weight excluding hydrogens is 264 g/mol. The second kappa shape index (κ2) is 6.55. The van der Waals surface area contributed by atoms with Gasteiger partial charge >= 0.3 is 0 Å². The van der Waals surface area contributed by atoms with Gasteiger partial charge in [0, 0.05) is 13.6 Å². The van der Waals surface area contributed by atoms with E-state index in [1.54, 1.807) is 38.3 Å². The Morgan fingerprint density at radius 2 is 1.95 bits per heavy atom. The minimum Gasteiger partial charge on any atom is -0.497 e. The molecule has 1 atom stereocenters. The summed E-state index contributed by atoms with van der Waals surface area (Å²) in [6.07, 6.45) is 0.284. The topological polar surface area (TPSA) is 70.4 Å². The molecule has 0 saturated heterocycles. The maximum absolute atomic E-state index is 12.1. The van der Waals surface area contributed by atoms with Crippen LogP contribution >= 0.6 is 0 Å². The summed E-state index contributed by atoms with van der Waals surface area (Å²) < 4.78 is 30.5. The van der Waals surface area contributed by atoms with Crippen LogP contribution in [0, 0.1) is 11.3 Å². The molecule has 0 aromatic heterocycles. The Hall–Kier alpha value is -1.58.